The molecule has 120 valence electrons. The Morgan fingerprint density at radius 3 is 2.18 bits per heavy atom. The molecule has 0 radical (unpaired) electrons. The van der Waals surface area contributed by atoms with Crippen LogP contribution in [0.15, 0.2) is 18.5 Å². The highest BCUT2D eigenvalue weighted by molar-refractivity contribution is 5.74. The van der Waals surface area contributed by atoms with E-state index in [1.165, 1.54) is 19.3 Å². The van der Waals surface area contributed by atoms with Crippen LogP contribution in [-0.4, -0.2) is 41.2 Å². The second kappa shape index (κ2) is 7.42. The molecule has 2 aliphatic rings. The van der Waals surface area contributed by atoms with Crippen molar-refractivity contribution in [3.8, 4) is 0 Å². The first-order valence-electron chi connectivity index (χ1n) is 8.40. The van der Waals surface area contributed by atoms with Crippen molar-refractivity contribution < 1.29 is 4.79 Å². The molecule has 2 N–H and O–H groups in total. The van der Waals surface area contributed by atoms with E-state index >= 15 is 0 Å². The van der Waals surface area contributed by atoms with Crippen molar-refractivity contribution >= 4 is 12.0 Å². The summed E-state index contributed by atoms with van der Waals surface area (Å²) in [4.78, 5) is 22.8. The zero-order chi connectivity index (χ0) is 15.2. The molecule has 1 saturated carbocycles. The number of rotatable bonds is 3. The van der Waals surface area contributed by atoms with E-state index in [0.717, 1.165) is 44.7 Å². The van der Waals surface area contributed by atoms with Gasteiger partial charge in [-0.1, -0.05) is 19.3 Å². The summed E-state index contributed by atoms with van der Waals surface area (Å²) in [6.45, 7) is 1.77. The molecule has 6 nitrogen and oxygen atoms in total. The Morgan fingerprint density at radius 2 is 1.55 bits per heavy atom. The van der Waals surface area contributed by atoms with Crippen LogP contribution in [0, 0.1) is 0 Å². The fourth-order valence-corrected chi connectivity index (χ4v) is 3.34. The third kappa shape index (κ3) is 4.08. The molecule has 1 saturated heterocycles. The molecule has 2 amide bonds. The van der Waals surface area contributed by atoms with E-state index < -0.39 is 0 Å². The van der Waals surface area contributed by atoms with E-state index in [-0.39, 0.29) is 12.1 Å². The van der Waals surface area contributed by atoms with Crippen molar-refractivity contribution in [3.05, 3.63) is 18.5 Å². The maximum Gasteiger partial charge on any atom is 0.315 e. The molecular formula is C16H25N5O. The maximum atomic E-state index is 12.1. The number of nitrogens with zero attached hydrogens (tertiary/aromatic N) is 3. The molecule has 0 atom stereocenters. The molecule has 1 aliphatic heterocycles. The summed E-state index contributed by atoms with van der Waals surface area (Å²) >= 11 is 0. The molecule has 2 heterocycles. The van der Waals surface area contributed by atoms with Crippen molar-refractivity contribution in [2.24, 2.45) is 0 Å². The quantitative estimate of drug-likeness (QED) is 0.897. The van der Waals surface area contributed by atoms with Crippen LogP contribution in [-0.2, 0) is 0 Å². The summed E-state index contributed by atoms with van der Waals surface area (Å²) in [5, 5.41) is 6.24. The van der Waals surface area contributed by atoms with Crippen LogP contribution in [0.2, 0.25) is 0 Å². The number of aromatic nitrogens is 2. The predicted molar refractivity (Wildman–Crippen MR) is 85.8 cm³/mol. The van der Waals surface area contributed by atoms with Crippen molar-refractivity contribution in [2.75, 3.05) is 18.0 Å². The third-order valence-corrected chi connectivity index (χ3v) is 4.61. The molecule has 0 spiro atoms. The summed E-state index contributed by atoms with van der Waals surface area (Å²) < 4.78 is 0. The average molecular weight is 303 g/mol. The lowest BCUT2D eigenvalue weighted by molar-refractivity contribution is 0.226. The predicted octanol–water partition coefficient (Wildman–Crippen LogP) is 2.08. The van der Waals surface area contributed by atoms with Gasteiger partial charge in [0.05, 0.1) is 0 Å². The van der Waals surface area contributed by atoms with Gasteiger partial charge in [-0.2, -0.15) is 0 Å². The highest BCUT2D eigenvalue weighted by Gasteiger charge is 2.23. The number of hydrogen-bond acceptors (Lipinski definition) is 4. The number of amides is 2. The molecule has 0 unspecified atom stereocenters. The largest absolute Gasteiger partial charge is 0.341 e. The van der Waals surface area contributed by atoms with Crippen molar-refractivity contribution in [1.29, 1.82) is 0 Å². The van der Waals surface area contributed by atoms with E-state index in [9.17, 15) is 4.79 Å². The number of carbonyl (C=O) groups is 1. The molecule has 1 aromatic rings. The minimum atomic E-state index is 0.00121. The smallest absolute Gasteiger partial charge is 0.315 e. The van der Waals surface area contributed by atoms with E-state index in [1.807, 2.05) is 6.07 Å². The summed E-state index contributed by atoms with van der Waals surface area (Å²) in [6, 6.07) is 2.45. The van der Waals surface area contributed by atoms with Crippen molar-refractivity contribution in [2.45, 2.75) is 57.0 Å². The molecule has 2 fully saturated rings. The molecule has 0 aromatic carbocycles. The van der Waals surface area contributed by atoms with Gasteiger partial charge in [-0.15, -0.1) is 0 Å². The molecule has 6 heteroatoms. The zero-order valence-electron chi connectivity index (χ0n) is 13.0. The highest BCUT2D eigenvalue weighted by atomic mass is 16.2. The third-order valence-electron chi connectivity index (χ3n) is 4.61. The molecule has 1 aliphatic carbocycles. The van der Waals surface area contributed by atoms with Crippen LogP contribution in [0.5, 0.6) is 0 Å². The van der Waals surface area contributed by atoms with E-state index in [0.29, 0.717) is 6.04 Å². The summed E-state index contributed by atoms with van der Waals surface area (Å²) in [5.41, 5.74) is 0. The van der Waals surface area contributed by atoms with Crippen LogP contribution in [0.1, 0.15) is 44.9 Å². The van der Waals surface area contributed by atoms with Gasteiger partial charge >= 0.3 is 6.03 Å². The Labute approximate surface area is 131 Å². The van der Waals surface area contributed by atoms with E-state index in [2.05, 4.69) is 25.5 Å². The van der Waals surface area contributed by atoms with Crippen LogP contribution >= 0.6 is 0 Å². The van der Waals surface area contributed by atoms with Crippen molar-refractivity contribution in [1.82, 2.24) is 20.6 Å². The first kappa shape index (κ1) is 15.1. The number of nitrogens with one attached hydrogen (secondary N) is 2. The first-order chi connectivity index (χ1) is 10.8. The standard InChI is InChI=1S/C16H25N5O/c22-16(19-13-5-2-1-3-6-13)20-14-7-11-21(12-8-14)15-17-9-4-10-18-15/h4,9-10,13-14H,1-3,5-8,11-12H2,(H2,19,20,22). The van der Waals surface area contributed by atoms with Crippen LogP contribution in [0.25, 0.3) is 0 Å². The summed E-state index contributed by atoms with van der Waals surface area (Å²) in [7, 11) is 0. The Morgan fingerprint density at radius 1 is 0.955 bits per heavy atom. The van der Waals surface area contributed by atoms with Gasteiger partial charge in [-0.05, 0) is 31.7 Å². The number of anilines is 1. The Kier molecular flexibility index (Phi) is 5.08. The van der Waals surface area contributed by atoms with Gasteiger partial charge in [-0.25, -0.2) is 14.8 Å². The highest BCUT2D eigenvalue weighted by Crippen LogP contribution is 2.18. The van der Waals surface area contributed by atoms with E-state index in [1.54, 1.807) is 12.4 Å². The molecule has 22 heavy (non-hydrogen) atoms. The zero-order valence-corrected chi connectivity index (χ0v) is 13.0. The number of urea groups is 1. The normalized spacial score (nSPS) is 20.6. The minimum absolute atomic E-state index is 0.00121. The first-order valence-corrected chi connectivity index (χ1v) is 8.40. The Balaban J connectivity index is 1.41. The van der Waals surface area contributed by atoms with Gasteiger partial charge < -0.3 is 15.5 Å². The van der Waals surface area contributed by atoms with Gasteiger partial charge in [0.25, 0.3) is 0 Å². The summed E-state index contributed by atoms with van der Waals surface area (Å²) in [6.07, 6.45) is 11.4. The number of hydrogen-bond donors (Lipinski definition) is 2. The van der Waals surface area contributed by atoms with Gasteiger partial charge in [-0.3, -0.25) is 0 Å². The lowest BCUT2D eigenvalue weighted by Gasteiger charge is -2.32. The summed E-state index contributed by atoms with van der Waals surface area (Å²) in [5.74, 6) is 0.785. The lowest BCUT2D eigenvalue weighted by atomic mass is 9.96. The van der Waals surface area contributed by atoms with Gasteiger partial charge in [0.2, 0.25) is 5.95 Å². The molecule has 1 aromatic heterocycles. The monoisotopic (exact) mass is 303 g/mol. The topological polar surface area (TPSA) is 70.2 Å². The minimum Gasteiger partial charge on any atom is -0.341 e. The van der Waals surface area contributed by atoms with Gasteiger partial charge in [0.15, 0.2) is 0 Å². The van der Waals surface area contributed by atoms with Gasteiger partial charge in [0, 0.05) is 37.6 Å². The Hall–Kier alpha value is -1.85. The Bertz CT molecular complexity index is 467. The average Bonchev–Trinajstić information content (AvgIpc) is 2.57. The van der Waals surface area contributed by atoms with Crippen LogP contribution in [0.3, 0.4) is 0 Å². The van der Waals surface area contributed by atoms with Crippen LogP contribution < -0.4 is 15.5 Å². The number of carbonyl (C=O) groups excluding carboxylic acids is 1. The lowest BCUT2D eigenvalue weighted by Crippen LogP contribution is -2.50. The molecular weight excluding hydrogens is 278 g/mol. The van der Waals surface area contributed by atoms with Crippen LogP contribution in [0.4, 0.5) is 10.7 Å². The van der Waals surface area contributed by atoms with Gasteiger partial charge in [0.1, 0.15) is 0 Å². The number of piperidine rings is 1. The van der Waals surface area contributed by atoms with Crippen molar-refractivity contribution in [3.63, 3.8) is 0 Å². The van der Waals surface area contributed by atoms with E-state index in [4.69, 9.17) is 0 Å². The SMILES string of the molecule is O=C(NC1CCCCC1)NC1CCN(c2ncccn2)CC1. The maximum absolute atomic E-state index is 12.1. The second-order valence-corrected chi connectivity index (χ2v) is 6.26. The molecule has 3 rings (SSSR count). The fraction of sp³-hybridized carbons (Fsp3) is 0.688. The molecule has 0 bridgehead atoms. The fourth-order valence-electron chi connectivity index (χ4n) is 3.34. The second-order valence-electron chi connectivity index (χ2n) is 6.26.